The van der Waals surface area contributed by atoms with Crippen LogP contribution in [0.1, 0.15) is 11.1 Å². The molecule has 0 heterocycles. The molecule has 0 amide bonds. The maximum Gasteiger partial charge on any atom is 0.128 e. The molecule has 0 saturated carbocycles. The van der Waals surface area contributed by atoms with Gasteiger partial charge >= 0.3 is 0 Å². The molecule has 0 radical (unpaired) electrons. The molecule has 1 nitrogen and oxygen atoms in total. The molecular weight excluding hydrogens is 155 g/mol. The Morgan fingerprint density at radius 2 is 2.25 bits per heavy atom. The molecule has 0 saturated heterocycles. The van der Waals surface area contributed by atoms with Gasteiger partial charge in [0, 0.05) is 5.56 Å². The molecule has 1 rings (SSSR count). The maximum atomic E-state index is 13.0. The van der Waals surface area contributed by atoms with Crippen LogP contribution in [0.5, 0.6) is 0 Å². The van der Waals surface area contributed by atoms with Crippen LogP contribution >= 0.6 is 0 Å². The number of aliphatic hydroxyl groups excluding tert-OH is 1. The molecule has 1 aromatic rings. The zero-order chi connectivity index (χ0) is 8.97. The summed E-state index contributed by atoms with van der Waals surface area (Å²) in [4.78, 5) is 0. The molecule has 0 atom stereocenters. The smallest absolute Gasteiger partial charge is 0.128 e. The van der Waals surface area contributed by atoms with Gasteiger partial charge in [0.2, 0.25) is 0 Å². The molecule has 2 heteroatoms. The van der Waals surface area contributed by atoms with E-state index in [1.54, 1.807) is 18.2 Å². The van der Waals surface area contributed by atoms with E-state index in [2.05, 4.69) is 6.58 Å². The van der Waals surface area contributed by atoms with Gasteiger partial charge < -0.3 is 5.11 Å². The van der Waals surface area contributed by atoms with E-state index in [1.165, 1.54) is 6.07 Å². The lowest BCUT2D eigenvalue weighted by Crippen LogP contribution is -1.96. The second-order valence-electron chi connectivity index (χ2n) is 2.53. The van der Waals surface area contributed by atoms with Gasteiger partial charge in [-0.05, 0) is 18.1 Å². The van der Waals surface area contributed by atoms with Crippen LogP contribution in [0, 0.1) is 5.82 Å². The van der Waals surface area contributed by atoms with E-state index in [0.29, 0.717) is 12.0 Å². The summed E-state index contributed by atoms with van der Waals surface area (Å²) < 4.78 is 13.0. The van der Waals surface area contributed by atoms with Gasteiger partial charge in [-0.1, -0.05) is 18.2 Å². The summed E-state index contributed by atoms with van der Waals surface area (Å²) in [5.41, 5.74) is 1.17. The van der Waals surface area contributed by atoms with Crippen molar-refractivity contribution in [1.82, 2.24) is 0 Å². The summed E-state index contributed by atoms with van der Waals surface area (Å²) in [7, 11) is 0. The minimum absolute atomic E-state index is 0.254. The van der Waals surface area contributed by atoms with Crippen molar-refractivity contribution in [1.29, 1.82) is 0 Å². The molecule has 0 fully saturated rings. The molecule has 0 aliphatic carbocycles. The Balaban J connectivity index is 3.08. The number of halogens is 1. The predicted molar refractivity (Wildman–Crippen MR) is 46.2 cm³/mol. The number of aliphatic hydroxyl groups is 1. The highest BCUT2D eigenvalue weighted by molar-refractivity contribution is 5.29. The van der Waals surface area contributed by atoms with Crippen molar-refractivity contribution in [2.75, 3.05) is 0 Å². The molecule has 0 unspecified atom stereocenters. The topological polar surface area (TPSA) is 20.2 Å². The predicted octanol–water partition coefficient (Wildman–Crippen LogP) is 2.05. The number of allylic oxidation sites excluding steroid dienone is 1. The van der Waals surface area contributed by atoms with Crippen LogP contribution in [0.4, 0.5) is 4.39 Å². The highest BCUT2D eigenvalue weighted by Gasteiger charge is 2.04. The Morgan fingerprint density at radius 3 is 2.83 bits per heavy atom. The van der Waals surface area contributed by atoms with Crippen LogP contribution in [0.15, 0.2) is 30.9 Å². The Labute approximate surface area is 71.2 Å². The van der Waals surface area contributed by atoms with Gasteiger partial charge in [-0.3, -0.25) is 0 Å². The van der Waals surface area contributed by atoms with Crippen molar-refractivity contribution in [3.05, 3.63) is 47.8 Å². The first kappa shape index (κ1) is 8.94. The molecule has 0 aliphatic rings. The van der Waals surface area contributed by atoms with E-state index in [9.17, 15) is 4.39 Å². The molecule has 0 spiro atoms. The summed E-state index contributed by atoms with van der Waals surface area (Å²) in [6, 6.07) is 4.77. The van der Waals surface area contributed by atoms with Crippen molar-refractivity contribution in [2.24, 2.45) is 0 Å². The molecule has 1 aromatic carbocycles. The van der Waals surface area contributed by atoms with Gasteiger partial charge in [-0.15, -0.1) is 6.58 Å². The van der Waals surface area contributed by atoms with Crippen LogP contribution in [-0.4, -0.2) is 5.11 Å². The minimum Gasteiger partial charge on any atom is -0.392 e. The van der Waals surface area contributed by atoms with Crippen molar-refractivity contribution in [2.45, 2.75) is 13.0 Å². The average molecular weight is 166 g/mol. The van der Waals surface area contributed by atoms with Gasteiger partial charge in [-0.2, -0.15) is 0 Å². The fraction of sp³-hybridized carbons (Fsp3) is 0.200. The minimum atomic E-state index is -0.350. The highest BCUT2D eigenvalue weighted by atomic mass is 19.1. The second kappa shape index (κ2) is 4.02. The molecule has 64 valence electrons. The van der Waals surface area contributed by atoms with Crippen molar-refractivity contribution in [3.8, 4) is 0 Å². The quantitative estimate of drug-likeness (QED) is 0.681. The molecule has 0 bridgehead atoms. The molecular formula is C10H11FO. The van der Waals surface area contributed by atoms with Crippen molar-refractivity contribution < 1.29 is 9.50 Å². The highest BCUT2D eigenvalue weighted by Crippen LogP contribution is 2.14. The number of rotatable bonds is 3. The second-order valence-corrected chi connectivity index (χ2v) is 2.53. The van der Waals surface area contributed by atoms with Crippen LogP contribution in [0.25, 0.3) is 0 Å². The molecule has 0 aromatic heterocycles. The largest absolute Gasteiger partial charge is 0.392 e. The molecule has 1 N–H and O–H groups in total. The van der Waals surface area contributed by atoms with Crippen molar-refractivity contribution >= 4 is 0 Å². The van der Waals surface area contributed by atoms with E-state index in [-0.39, 0.29) is 12.4 Å². The average Bonchev–Trinajstić information content (AvgIpc) is 2.05. The summed E-state index contributed by atoms with van der Waals surface area (Å²) >= 11 is 0. The maximum absolute atomic E-state index is 13.0. The van der Waals surface area contributed by atoms with Crippen LogP contribution in [0.3, 0.4) is 0 Å². The van der Waals surface area contributed by atoms with Crippen LogP contribution < -0.4 is 0 Å². The third-order valence-electron chi connectivity index (χ3n) is 1.74. The summed E-state index contributed by atoms with van der Waals surface area (Å²) in [6.07, 6.45) is 2.28. The molecule has 12 heavy (non-hydrogen) atoms. The van der Waals surface area contributed by atoms with Crippen LogP contribution in [-0.2, 0) is 13.0 Å². The Morgan fingerprint density at radius 1 is 1.50 bits per heavy atom. The van der Waals surface area contributed by atoms with E-state index in [4.69, 9.17) is 5.11 Å². The van der Waals surface area contributed by atoms with Gasteiger partial charge in [-0.25, -0.2) is 4.39 Å². The number of hydrogen-bond acceptors (Lipinski definition) is 1. The molecule has 0 aliphatic heterocycles. The van der Waals surface area contributed by atoms with Gasteiger partial charge in [0.1, 0.15) is 5.82 Å². The Hall–Kier alpha value is -1.15. The number of hydrogen-bond donors (Lipinski definition) is 1. The monoisotopic (exact) mass is 166 g/mol. The van der Waals surface area contributed by atoms with E-state index < -0.39 is 0 Å². The standard InChI is InChI=1S/C10H11FO/c1-2-4-8-5-3-6-10(11)9(8)7-12/h2-3,5-6,12H,1,4,7H2. The fourth-order valence-corrected chi connectivity index (χ4v) is 1.13. The van der Waals surface area contributed by atoms with Gasteiger partial charge in [0.25, 0.3) is 0 Å². The first-order valence-corrected chi connectivity index (χ1v) is 3.77. The normalized spacial score (nSPS) is 9.83. The van der Waals surface area contributed by atoms with Crippen molar-refractivity contribution in [3.63, 3.8) is 0 Å². The first-order valence-electron chi connectivity index (χ1n) is 3.77. The third-order valence-corrected chi connectivity index (χ3v) is 1.74. The summed E-state index contributed by atoms with van der Waals surface area (Å²) in [6.45, 7) is 3.30. The van der Waals surface area contributed by atoms with E-state index >= 15 is 0 Å². The zero-order valence-electron chi connectivity index (χ0n) is 6.76. The van der Waals surface area contributed by atoms with Gasteiger partial charge in [0.15, 0.2) is 0 Å². The first-order chi connectivity index (χ1) is 5.79. The Bertz CT molecular complexity index is 281. The number of benzene rings is 1. The van der Waals surface area contributed by atoms with E-state index in [1.807, 2.05) is 0 Å². The fourth-order valence-electron chi connectivity index (χ4n) is 1.13. The lowest BCUT2D eigenvalue weighted by Gasteiger charge is -2.04. The lowest BCUT2D eigenvalue weighted by atomic mass is 10.0. The van der Waals surface area contributed by atoms with E-state index in [0.717, 1.165) is 5.56 Å². The van der Waals surface area contributed by atoms with Gasteiger partial charge in [0.05, 0.1) is 6.61 Å². The van der Waals surface area contributed by atoms with Crippen LogP contribution in [0.2, 0.25) is 0 Å². The Kier molecular flexibility index (Phi) is 3.00. The SMILES string of the molecule is C=CCc1cccc(F)c1CO. The summed E-state index contributed by atoms with van der Waals surface area (Å²) in [5, 5.41) is 8.85. The summed E-state index contributed by atoms with van der Waals surface area (Å²) in [5.74, 6) is -0.350. The third kappa shape index (κ3) is 1.71. The lowest BCUT2D eigenvalue weighted by molar-refractivity contribution is 0.274. The zero-order valence-corrected chi connectivity index (χ0v) is 6.76.